The van der Waals surface area contributed by atoms with Crippen LogP contribution >= 0.6 is 11.6 Å². The summed E-state index contributed by atoms with van der Waals surface area (Å²) >= 11 is 6.52. The summed E-state index contributed by atoms with van der Waals surface area (Å²) in [5.74, 6) is 0.385. The van der Waals surface area contributed by atoms with Gasteiger partial charge in [0.2, 0.25) is 0 Å². The maximum atomic E-state index is 6.52. The van der Waals surface area contributed by atoms with Crippen LogP contribution in [-0.4, -0.2) is 36.7 Å². The van der Waals surface area contributed by atoms with Crippen LogP contribution in [0.3, 0.4) is 0 Å². The van der Waals surface area contributed by atoms with Crippen molar-refractivity contribution in [2.24, 2.45) is 5.41 Å². The Morgan fingerprint density at radius 2 is 2.05 bits per heavy atom. The SMILES string of the molecule is C=C(C)CC(c1ccccc1Cl)C1CC(C)(C)CN1N(C)C. The highest BCUT2D eigenvalue weighted by molar-refractivity contribution is 6.31. The van der Waals surface area contributed by atoms with Gasteiger partial charge in [-0.15, -0.1) is 6.58 Å². The number of nitrogens with zero attached hydrogens (tertiary/aromatic N) is 2. The lowest BCUT2D eigenvalue weighted by Gasteiger charge is -2.36. The van der Waals surface area contributed by atoms with Gasteiger partial charge < -0.3 is 0 Å². The van der Waals surface area contributed by atoms with Crippen LogP contribution < -0.4 is 0 Å². The van der Waals surface area contributed by atoms with Gasteiger partial charge in [-0.2, -0.15) is 0 Å². The van der Waals surface area contributed by atoms with Crippen molar-refractivity contribution >= 4 is 11.6 Å². The number of hydrogen-bond donors (Lipinski definition) is 0. The molecule has 1 fully saturated rings. The van der Waals surface area contributed by atoms with Gasteiger partial charge in [0.15, 0.2) is 0 Å². The highest BCUT2D eigenvalue weighted by atomic mass is 35.5. The molecule has 22 heavy (non-hydrogen) atoms. The molecule has 1 aliphatic heterocycles. The summed E-state index contributed by atoms with van der Waals surface area (Å²) in [6.07, 6.45) is 2.16. The largest absolute Gasteiger partial charge is 0.248 e. The fraction of sp³-hybridized carbons (Fsp3) is 0.579. The van der Waals surface area contributed by atoms with Gasteiger partial charge in [-0.05, 0) is 36.8 Å². The van der Waals surface area contributed by atoms with Crippen molar-refractivity contribution in [2.45, 2.75) is 45.6 Å². The van der Waals surface area contributed by atoms with Crippen LogP contribution in [0.4, 0.5) is 0 Å². The molecule has 3 heteroatoms. The summed E-state index contributed by atoms with van der Waals surface area (Å²) in [5, 5.41) is 5.61. The Hall–Kier alpha value is -0.830. The zero-order valence-corrected chi connectivity index (χ0v) is 15.3. The molecule has 1 aliphatic rings. The van der Waals surface area contributed by atoms with E-state index in [1.165, 1.54) is 17.6 Å². The molecule has 2 unspecified atom stereocenters. The highest BCUT2D eigenvalue weighted by Crippen LogP contribution is 2.44. The van der Waals surface area contributed by atoms with Gasteiger partial charge in [-0.25, -0.2) is 10.0 Å². The molecule has 0 spiro atoms. The maximum absolute atomic E-state index is 6.52. The molecule has 2 rings (SSSR count). The van der Waals surface area contributed by atoms with Crippen LogP contribution in [0.2, 0.25) is 5.02 Å². The summed E-state index contributed by atoms with van der Waals surface area (Å²) in [6, 6.07) is 8.73. The summed E-state index contributed by atoms with van der Waals surface area (Å²) in [7, 11) is 4.28. The van der Waals surface area contributed by atoms with E-state index in [1.807, 2.05) is 12.1 Å². The normalized spacial score (nSPS) is 23.0. The predicted octanol–water partition coefficient (Wildman–Crippen LogP) is 4.97. The predicted molar refractivity (Wildman–Crippen MR) is 96.2 cm³/mol. The Bertz CT molecular complexity index is 536. The second kappa shape index (κ2) is 6.74. The van der Waals surface area contributed by atoms with E-state index in [2.05, 4.69) is 63.6 Å². The zero-order chi connectivity index (χ0) is 16.5. The average molecular weight is 321 g/mol. The number of rotatable bonds is 5. The maximum Gasteiger partial charge on any atom is 0.0441 e. The third-order valence-electron chi connectivity index (χ3n) is 4.59. The zero-order valence-electron chi connectivity index (χ0n) is 14.6. The molecular formula is C19H29ClN2. The first kappa shape index (κ1) is 17.5. The highest BCUT2D eigenvalue weighted by Gasteiger charge is 2.43. The van der Waals surface area contributed by atoms with Crippen LogP contribution in [0.5, 0.6) is 0 Å². The number of hydrogen-bond acceptors (Lipinski definition) is 2. The van der Waals surface area contributed by atoms with E-state index in [1.54, 1.807) is 0 Å². The lowest BCUT2D eigenvalue weighted by Crippen LogP contribution is -2.44. The topological polar surface area (TPSA) is 6.48 Å². The number of allylic oxidation sites excluding steroid dienone is 1. The van der Waals surface area contributed by atoms with Crippen LogP contribution in [-0.2, 0) is 0 Å². The standard InChI is InChI=1S/C19H29ClN2/c1-14(2)11-16(15-9-7-8-10-17(15)20)18-12-19(3,4)13-22(18)21(5)6/h7-10,16,18H,1,11-13H2,2-6H3. The molecule has 1 aromatic carbocycles. The molecule has 2 atom stereocenters. The number of benzene rings is 1. The van der Waals surface area contributed by atoms with Crippen LogP contribution in [0.15, 0.2) is 36.4 Å². The smallest absolute Gasteiger partial charge is 0.0441 e. The van der Waals surface area contributed by atoms with E-state index in [-0.39, 0.29) is 0 Å². The van der Waals surface area contributed by atoms with E-state index in [0.29, 0.717) is 17.4 Å². The monoisotopic (exact) mass is 320 g/mol. The first-order valence-electron chi connectivity index (χ1n) is 8.04. The summed E-state index contributed by atoms with van der Waals surface area (Å²) in [5.41, 5.74) is 2.79. The Balaban J connectivity index is 2.40. The molecule has 1 saturated heterocycles. The number of halogens is 1. The third kappa shape index (κ3) is 3.92. The molecule has 0 aromatic heterocycles. The van der Waals surface area contributed by atoms with Crippen LogP contribution in [0.25, 0.3) is 0 Å². The van der Waals surface area contributed by atoms with E-state index < -0.39 is 0 Å². The second-order valence-corrected chi connectivity index (χ2v) is 8.08. The van der Waals surface area contributed by atoms with Gasteiger partial charge in [0, 0.05) is 37.6 Å². The van der Waals surface area contributed by atoms with Gasteiger partial charge in [-0.1, -0.05) is 49.2 Å². The molecular weight excluding hydrogens is 292 g/mol. The minimum Gasteiger partial charge on any atom is -0.248 e. The van der Waals surface area contributed by atoms with Gasteiger partial charge in [-0.3, -0.25) is 0 Å². The quantitative estimate of drug-likeness (QED) is 0.707. The van der Waals surface area contributed by atoms with Crippen LogP contribution in [0, 0.1) is 5.41 Å². The van der Waals surface area contributed by atoms with Crippen molar-refractivity contribution in [1.29, 1.82) is 0 Å². The van der Waals surface area contributed by atoms with Gasteiger partial charge in [0.1, 0.15) is 0 Å². The Morgan fingerprint density at radius 3 is 2.59 bits per heavy atom. The van der Waals surface area contributed by atoms with Crippen molar-refractivity contribution in [3.8, 4) is 0 Å². The first-order valence-corrected chi connectivity index (χ1v) is 8.42. The van der Waals surface area contributed by atoms with E-state index in [9.17, 15) is 0 Å². The van der Waals surface area contributed by atoms with Crippen molar-refractivity contribution in [3.05, 3.63) is 47.0 Å². The molecule has 0 radical (unpaired) electrons. The summed E-state index contributed by atoms with van der Waals surface area (Å²) in [6.45, 7) is 12.1. The molecule has 0 aliphatic carbocycles. The van der Waals surface area contributed by atoms with Gasteiger partial charge in [0.25, 0.3) is 0 Å². The fourth-order valence-electron chi connectivity index (χ4n) is 3.68. The average Bonchev–Trinajstić information content (AvgIpc) is 2.73. The Morgan fingerprint density at radius 1 is 1.41 bits per heavy atom. The Kier molecular flexibility index (Phi) is 5.37. The van der Waals surface area contributed by atoms with Crippen molar-refractivity contribution in [2.75, 3.05) is 20.6 Å². The van der Waals surface area contributed by atoms with Crippen molar-refractivity contribution in [3.63, 3.8) is 0 Å². The minimum atomic E-state index is 0.323. The lowest BCUT2D eigenvalue weighted by molar-refractivity contribution is -0.00302. The molecule has 1 aromatic rings. The second-order valence-electron chi connectivity index (χ2n) is 7.67. The Labute approximate surface area is 140 Å². The lowest BCUT2D eigenvalue weighted by atomic mass is 9.81. The number of hydrazine groups is 1. The first-order chi connectivity index (χ1) is 10.2. The van der Waals surface area contributed by atoms with Crippen LogP contribution in [0.1, 0.15) is 45.1 Å². The van der Waals surface area contributed by atoms with Crippen molar-refractivity contribution < 1.29 is 0 Å². The van der Waals surface area contributed by atoms with E-state index >= 15 is 0 Å². The van der Waals surface area contributed by atoms with Gasteiger partial charge >= 0.3 is 0 Å². The molecule has 2 nitrogen and oxygen atoms in total. The molecule has 0 saturated carbocycles. The molecule has 0 amide bonds. The molecule has 1 heterocycles. The molecule has 0 N–H and O–H groups in total. The molecule has 0 bridgehead atoms. The minimum absolute atomic E-state index is 0.323. The van der Waals surface area contributed by atoms with Gasteiger partial charge in [0.05, 0.1) is 0 Å². The summed E-state index contributed by atoms with van der Waals surface area (Å²) < 4.78 is 0. The third-order valence-corrected chi connectivity index (χ3v) is 4.93. The van der Waals surface area contributed by atoms with Crippen molar-refractivity contribution in [1.82, 2.24) is 10.0 Å². The molecule has 122 valence electrons. The van der Waals surface area contributed by atoms with E-state index in [0.717, 1.165) is 18.0 Å². The summed E-state index contributed by atoms with van der Waals surface area (Å²) in [4.78, 5) is 0. The van der Waals surface area contributed by atoms with E-state index in [4.69, 9.17) is 11.6 Å². The fourth-order valence-corrected chi connectivity index (χ4v) is 3.96.